The van der Waals surface area contributed by atoms with Crippen LogP contribution in [-0.4, -0.2) is 15.9 Å². The van der Waals surface area contributed by atoms with Crippen LogP contribution in [-0.2, 0) is 12.8 Å². The van der Waals surface area contributed by atoms with E-state index in [2.05, 4.69) is 34.4 Å². The second kappa shape index (κ2) is 7.41. The van der Waals surface area contributed by atoms with Gasteiger partial charge in [0.15, 0.2) is 0 Å². The lowest BCUT2D eigenvalue weighted by atomic mass is 9.97. The molecule has 2 heterocycles. The van der Waals surface area contributed by atoms with Gasteiger partial charge in [-0.15, -0.1) is 11.3 Å². The van der Waals surface area contributed by atoms with Gasteiger partial charge in [-0.05, 0) is 54.9 Å². The van der Waals surface area contributed by atoms with Gasteiger partial charge in [0.1, 0.15) is 10.7 Å². The average molecular weight is 400 g/mol. The van der Waals surface area contributed by atoms with Crippen LogP contribution >= 0.6 is 11.3 Å². The first-order valence-electron chi connectivity index (χ1n) is 9.94. The van der Waals surface area contributed by atoms with Crippen LogP contribution in [0.4, 0.5) is 0 Å². The minimum Gasteiger partial charge on any atom is -0.267 e. The van der Waals surface area contributed by atoms with Gasteiger partial charge in [0, 0.05) is 4.88 Å². The first kappa shape index (κ1) is 18.0. The molecule has 2 aromatic carbocycles. The Morgan fingerprint density at radius 3 is 2.52 bits per heavy atom. The maximum atomic E-state index is 13.2. The Balaban J connectivity index is 1.50. The Bertz CT molecular complexity index is 1270. The van der Waals surface area contributed by atoms with Gasteiger partial charge < -0.3 is 0 Å². The molecule has 0 saturated carbocycles. The first-order chi connectivity index (χ1) is 14.2. The van der Waals surface area contributed by atoms with Crippen molar-refractivity contribution in [2.45, 2.75) is 32.6 Å². The average Bonchev–Trinajstić information content (AvgIpc) is 3.13. The molecule has 0 bridgehead atoms. The van der Waals surface area contributed by atoms with Gasteiger partial charge in [-0.25, -0.2) is 4.98 Å². The molecule has 0 fully saturated rings. The van der Waals surface area contributed by atoms with Crippen LogP contribution in [0.1, 0.15) is 34.7 Å². The van der Waals surface area contributed by atoms with Crippen molar-refractivity contribution >= 4 is 27.8 Å². The number of hydrogen-bond donors (Lipinski definition) is 0. The molecule has 1 aliphatic carbocycles. The molecule has 0 unspecified atom stereocenters. The number of hydrogen-bond acceptors (Lipinski definition) is 4. The summed E-state index contributed by atoms with van der Waals surface area (Å²) in [6.07, 6.45) is 6.11. The molecule has 0 spiro atoms. The van der Waals surface area contributed by atoms with Crippen LogP contribution in [0.5, 0.6) is 0 Å². The molecule has 1 aliphatic rings. The van der Waals surface area contributed by atoms with Gasteiger partial charge in [-0.1, -0.05) is 54.6 Å². The van der Waals surface area contributed by atoms with E-state index in [0.29, 0.717) is 5.82 Å². The third-order valence-corrected chi connectivity index (χ3v) is 6.65. The Morgan fingerprint density at radius 2 is 1.72 bits per heavy atom. The fraction of sp³-hybridized carbons (Fsp3) is 0.208. The highest BCUT2D eigenvalue weighted by molar-refractivity contribution is 7.18. The molecule has 0 radical (unpaired) electrons. The lowest BCUT2D eigenvalue weighted by molar-refractivity contribution is 0.698. The quantitative estimate of drug-likeness (QED) is 0.445. The fourth-order valence-corrected chi connectivity index (χ4v) is 5.25. The highest BCUT2D eigenvalue weighted by atomic mass is 32.1. The fourth-order valence-electron chi connectivity index (χ4n) is 3.95. The molecule has 4 aromatic rings. The van der Waals surface area contributed by atoms with Gasteiger partial charge in [0.25, 0.3) is 5.56 Å². The SMILES string of the molecule is Cc1nc2sc3c(c2c(=O)n1/N=C/c1ccc(-c2ccccc2)cc1)CCCC3. The maximum Gasteiger partial charge on any atom is 0.283 e. The van der Waals surface area contributed by atoms with E-state index in [1.165, 1.54) is 27.1 Å². The standard InChI is InChI=1S/C24H21N3OS/c1-16-26-23-22(20-9-5-6-10-21(20)29-23)24(28)27(16)25-15-17-11-13-19(14-12-17)18-7-3-2-4-8-18/h2-4,7-8,11-15H,5-6,9-10H2,1H3/b25-15+. The summed E-state index contributed by atoms with van der Waals surface area (Å²) in [5.74, 6) is 0.623. The van der Waals surface area contributed by atoms with E-state index in [-0.39, 0.29) is 5.56 Å². The molecular formula is C24H21N3OS. The number of fused-ring (bicyclic) bond motifs is 3. The summed E-state index contributed by atoms with van der Waals surface area (Å²) in [7, 11) is 0. The van der Waals surface area contributed by atoms with Crippen LogP contribution in [0.3, 0.4) is 0 Å². The summed E-state index contributed by atoms with van der Waals surface area (Å²) in [5, 5.41) is 5.25. The van der Waals surface area contributed by atoms with Crippen LogP contribution in [0.25, 0.3) is 21.3 Å². The number of thiophene rings is 1. The molecule has 0 N–H and O–H groups in total. The molecule has 5 rings (SSSR count). The monoisotopic (exact) mass is 399 g/mol. The van der Waals surface area contributed by atoms with Gasteiger partial charge in [0.2, 0.25) is 0 Å². The summed E-state index contributed by atoms with van der Waals surface area (Å²) in [6.45, 7) is 1.84. The van der Waals surface area contributed by atoms with E-state index in [9.17, 15) is 4.79 Å². The van der Waals surface area contributed by atoms with Crippen molar-refractivity contribution in [1.82, 2.24) is 9.66 Å². The van der Waals surface area contributed by atoms with E-state index in [0.717, 1.165) is 40.6 Å². The van der Waals surface area contributed by atoms with Crippen molar-refractivity contribution in [1.29, 1.82) is 0 Å². The number of benzene rings is 2. The molecule has 0 amide bonds. The Morgan fingerprint density at radius 1 is 1.00 bits per heavy atom. The molecule has 144 valence electrons. The van der Waals surface area contributed by atoms with Crippen molar-refractivity contribution < 1.29 is 0 Å². The Kier molecular flexibility index (Phi) is 4.60. The zero-order valence-electron chi connectivity index (χ0n) is 16.3. The lowest BCUT2D eigenvalue weighted by Crippen LogP contribution is -2.21. The van der Waals surface area contributed by atoms with E-state index < -0.39 is 0 Å². The zero-order valence-corrected chi connectivity index (χ0v) is 17.1. The maximum absolute atomic E-state index is 13.2. The van der Waals surface area contributed by atoms with Crippen molar-refractivity contribution in [3.8, 4) is 11.1 Å². The van der Waals surface area contributed by atoms with Crippen LogP contribution in [0, 0.1) is 6.92 Å². The van der Waals surface area contributed by atoms with E-state index in [1.807, 2.05) is 37.3 Å². The predicted molar refractivity (Wildman–Crippen MR) is 120 cm³/mol. The van der Waals surface area contributed by atoms with Gasteiger partial charge >= 0.3 is 0 Å². The lowest BCUT2D eigenvalue weighted by Gasteiger charge is -2.10. The first-order valence-corrected chi connectivity index (χ1v) is 10.8. The number of aryl methyl sites for hydroxylation is 3. The molecular weight excluding hydrogens is 378 g/mol. The summed E-state index contributed by atoms with van der Waals surface area (Å²) in [4.78, 5) is 20.0. The van der Waals surface area contributed by atoms with Crippen LogP contribution in [0.15, 0.2) is 64.5 Å². The molecule has 0 saturated heterocycles. The summed E-state index contributed by atoms with van der Waals surface area (Å²) in [5.41, 5.74) is 4.43. The minimum absolute atomic E-state index is 0.0518. The molecule has 0 aliphatic heterocycles. The largest absolute Gasteiger partial charge is 0.283 e. The Hall–Kier alpha value is -3.05. The minimum atomic E-state index is -0.0518. The van der Waals surface area contributed by atoms with Gasteiger partial charge in [0.05, 0.1) is 11.6 Å². The zero-order chi connectivity index (χ0) is 19.8. The number of aromatic nitrogens is 2. The van der Waals surface area contributed by atoms with Crippen molar-refractivity contribution in [3.05, 3.63) is 86.8 Å². The topological polar surface area (TPSA) is 47.2 Å². The Labute approximate surface area is 173 Å². The second-order valence-corrected chi connectivity index (χ2v) is 8.48. The summed E-state index contributed by atoms with van der Waals surface area (Å²) < 4.78 is 1.44. The molecule has 5 heteroatoms. The normalized spacial score (nSPS) is 13.8. The molecule has 0 atom stereocenters. The van der Waals surface area contributed by atoms with E-state index >= 15 is 0 Å². The third kappa shape index (κ3) is 3.32. The summed E-state index contributed by atoms with van der Waals surface area (Å²) in [6, 6.07) is 18.4. The summed E-state index contributed by atoms with van der Waals surface area (Å²) >= 11 is 1.67. The van der Waals surface area contributed by atoms with Crippen molar-refractivity contribution in [3.63, 3.8) is 0 Å². The number of rotatable bonds is 3. The third-order valence-electron chi connectivity index (χ3n) is 5.47. The predicted octanol–water partition coefficient (Wildman–Crippen LogP) is 5.19. The van der Waals surface area contributed by atoms with E-state index in [1.54, 1.807) is 17.6 Å². The van der Waals surface area contributed by atoms with Crippen molar-refractivity contribution in [2.24, 2.45) is 5.10 Å². The van der Waals surface area contributed by atoms with Gasteiger partial charge in [-0.2, -0.15) is 9.78 Å². The molecule has 29 heavy (non-hydrogen) atoms. The number of nitrogens with zero attached hydrogens (tertiary/aromatic N) is 3. The van der Waals surface area contributed by atoms with E-state index in [4.69, 9.17) is 0 Å². The highest BCUT2D eigenvalue weighted by Crippen LogP contribution is 2.33. The molecule has 4 nitrogen and oxygen atoms in total. The second-order valence-electron chi connectivity index (χ2n) is 7.40. The highest BCUT2D eigenvalue weighted by Gasteiger charge is 2.21. The smallest absolute Gasteiger partial charge is 0.267 e. The molecule has 2 aromatic heterocycles. The van der Waals surface area contributed by atoms with Crippen LogP contribution < -0.4 is 5.56 Å². The van der Waals surface area contributed by atoms with Crippen LogP contribution in [0.2, 0.25) is 0 Å². The van der Waals surface area contributed by atoms with Crippen molar-refractivity contribution in [2.75, 3.05) is 0 Å². The van der Waals surface area contributed by atoms with Gasteiger partial charge in [-0.3, -0.25) is 4.79 Å².